The standard InChI is InChI=1S/C18H16N2O4/c19-16(21)12-7-5-11(6-8-12)10-20-17(22)15-9-13-3-1-2-4-14(13)18(23)24-15/h1-8,15H,9-10H2,(H2,19,21)(H,20,22). The highest BCUT2D eigenvalue weighted by Gasteiger charge is 2.30. The van der Waals surface area contributed by atoms with Gasteiger partial charge in [0.1, 0.15) is 0 Å². The van der Waals surface area contributed by atoms with Crippen LogP contribution < -0.4 is 11.1 Å². The van der Waals surface area contributed by atoms with Crippen LogP contribution in [0.1, 0.15) is 31.8 Å². The third-order valence-corrected chi connectivity index (χ3v) is 3.89. The van der Waals surface area contributed by atoms with Gasteiger partial charge >= 0.3 is 5.97 Å². The molecule has 3 N–H and O–H groups in total. The van der Waals surface area contributed by atoms with E-state index in [1.165, 1.54) is 0 Å². The van der Waals surface area contributed by atoms with Crippen LogP contribution >= 0.6 is 0 Å². The molecule has 0 aromatic heterocycles. The molecule has 0 spiro atoms. The summed E-state index contributed by atoms with van der Waals surface area (Å²) in [6, 6.07) is 13.7. The van der Waals surface area contributed by atoms with Crippen molar-refractivity contribution in [3.63, 3.8) is 0 Å². The van der Waals surface area contributed by atoms with Crippen LogP contribution in [0.3, 0.4) is 0 Å². The summed E-state index contributed by atoms with van der Waals surface area (Å²) in [7, 11) is 0. The van der Waals surface area contributed by atoms with Gasteiger partial charge in [0.05, 0.1) is 5.56 Å². The molecular weight excluding hydrogens is 308 g/mol. The summed E-state index contributed by atoms with van der Waals surface area (Å²) in [5.74, 6) is -1.34. The van der Waals surface area contributed by atoms with E-state index in [1.807, 2.05) is 12.1 Å². The number of fused-ring (bicyclic) bond motifs is 1. The molecule has 1 aliphatic rings. The summed E-state index contributed by atoms with van der Waals surface area (Å²) in [4.78, 5) is 35.2. The molecule has 3 rings (SSSR count). The van der Waals surface area contributed by atoms with Crippen molar-refractivity contribution in [1.29, 1.82) is 0 Å². The van der Waals surface area contributed by atoms with Crippen molar-refractivity contribution in [3.05, 3.63) is 70.8 Å². The van der Waals surface area contributed by atoms with Gasteiger partial charge in [0, 0.05) is 18.5 Å². The maximum Gasteiger partial charge on any atom is 0.339 e. The number of primary amides is 1. The van der Waals surface area contributed by atoms with Crippen molar-refractivity contribution < 1.29 is 19.1 Å². The summed E-state index contributed by atoms with van der Waals surface area (Å²) in [5.41, 5.74) is 7.71. The van der Waals surface area contributed by atoms with Crippen LogP contribution in [-0.4, -0.2) is 23.9 Å². The largest absolute Gasteiger partial charge is 0.448 e. The van der Waals surface area contributed by atoms with Gasteiger partial charge in [-0.25, -0.2) is 4.79 Å². The smallest absolute Gasteiger partial charge is 0.339 e. The Kier molecular flexibility index (Phi) is 4.29. The third-order valence-electron chi connectivity index (χ3n) is 3.89. The van der Waals surface area contributed by atoms with Gasteiger partial charge in [-0.05, 0) is 29.3 Å². The van der Waals surface area contributed by atoms with E-state index in [9.17, 15) is 14.4 Å². The monoisotopic (exact) mass is 324 g/mol. The zero-order chi connectivity index (χ0) is 17.1. The molecule has 0 saturated heterocycles. The van der Waals surface area contributed by atoms with Gasteiger partial charge in [-0.3, -0.25) is 9.59 Å². The first-order valence-electron chi connectivity index (χ1n) is 7.50. The molecule has 0 radical (unpaired) electrons. The topological polar surface area (TPSA) is 98.5 Å². The number of ether oxygens (including phenoxy) is 1. The Hall–Kier alpha value is -3.15. The number of benzene rings is 2. The molecule has 0 fully saturated rings. The van der Waals surface area contributed by atoms with E-state index < -0.39 is 18.0 Å². The Morgan fingerprint density at radius 2 is 1.83 bits per heavy atom. The molecule has 0 saturated carbocycles. The van der Waals surface area contributed by atoms with E-state index >= 15 is 0 Å². The number of carbonyl (C=O) groups is 3. The van der Waals surface area contributed by atoms with Gasteiger partial charge in [-0.2, -0.15) is 0 Å². The molecule has 2 aromatic carbocycles. The number of hydrogen-bond donors (Lipinski definition) is 2. The fourth-order valence-electron chi connectivity index (χ4n) is 2.57. The van der Waals surface area contributed by atoms with Crippen molar-refractivity contribution >= 4 is 17.8 Å². The van der Waals surface area contributed by atoms with E-state index in [1.54, 1.807) is 36.4 Å². The van der Waals surface area contributed by atoms with Crippen molar-refractivity contribution in [2.24, 2.45) is 5.73 Å². The number of esters is 1. The average Bonchev–Trinajstić information content (AvgIpc) is 2.60. The number of amides is 2. The summed E-state index contributed by atoms with van der Waals surface area (Å²) in [5, 5.41) is 2.74. The van der Waals surface area contributed by atoms with Crippen LogP contribution in [0.5, 0.6) is 0 Å². The van der Waals surface area contributed by atoms with Crippen LogP contribution in [0.2, 0.25) is 0 Å². The van der Waals surface area contributed by atoms with E-state index in [0.717, 1.165) is 11.1 Å². The number of carbonyl (C=O) groups excluding carboxylic acids is 3. The highest BCUT2D eigenvalue weighted by atomic mass is 16.5. The zero-order valence-electron chi connectivity index (χ0n) is 12.8. The van der Waals surface area contributed by atoms with Crippen molar-refractivity contribution in [3.8, 4) is 0 Å². The van der Waals surface area contributed by atoms with Gasteiger partial charge < -0.3 is 15.8 Å². The van der Waals surface area contributed by atoms with Gasteiger partial charge in [0.2, 0.25) is 5.91 Å². The maximum absolute atomic E-state index is 12.2. The first kappa shape index (κ1) is 15.7. The summed E-state index contributed by atoms with van der Waals surface area (Å²) < 4.78 is 5.20. The van der Waals surface area contributed by atoms with Crippen LogP contribution in [0.25, 0.3) is 0 Å². The van der Waals surface area contributed by atoms with Crippen LogP contribution in [-0.2, 0) is 22.5 Å². The minimum atomic E-state index is -0.836. The van der Waals surface area contributed by atoms with Gasteiger partial charge in [0.25, 0.3) is 5.91 Å². The van der Waals surface area contributed by atoms with Crippen LogP contribution in [0.15, 0.2) is 48.5 Å². The molecule has 1 unspecified atom stereocenters. The molecular formula is C18H16N2O4. The van der Waals surface area contributed by atoms with Crippen molar-refractivity contribution in [1.82, 2.24) is 5.32 Å². The Morgan fingerprint density at radius 3 is 2.54 bits per heavy atom. The van der Waals surface area contributed by atoms with Gasteiger partial charge in [-0.15, -0.1) is 0 Å². The zero-order valence-corrected chi connectivity index (χ0v) is 12.8. The van der Waals surface area contributed by atoms with Crippen molar-refractivity contribution in [2.45, 2.75) is 19.1 Å². The summed E-state index contributed by atoms with van der Waals surface area (Å²) >= 11 is 0. The second kappa shape index (κ2) is 6.54. The first-order chi connectivity index (χ1) is 11.5. The lowest BCUT2D eigenvalue weighted by Crippen LogP contribution is -2.41. The molecule has 6 nitrogen and oxygen atoms in total. The highest BCUT2D eigenvalue weighted by molar-refractivity contribution is 5.95. The fraction of sp³-hybridized carbons (Fsp3) is 0.167. The number of hydrogen-bond acceptors (Lipinski definition) is 4. The normalized spacial score (nSPS) is 16.0. The molecule has 2 aromatic rings. The SMILES string of the molecule is NC(=O)c1ccc(CNC(=O)C2Cc3ccccc3C(=O)O2)cc1. The lowest BCUT2D eigenvalue weighted by atomic mass is 9.98. The molecule has 1 aliphatic heterocycles. The number of nitrogens with two attached hydrogens (primary N) is 1. The molecule has 0 aliphatic carbocycles. The first-order valence-corrected chi connectivity index (χ1v) is 7.50. The number of nitrogens with one attached hydrogen (secondary N) is 1. The Morgan fingerprint density at radius 1 is 1.12 bits per heavy atom. The van der Waals surface area contributed by atoms with Crippen LogP contribution in [0.4, 0.5) is 0 Å². The van der Waals surface area contributed by atoms with Gasteiger partial charge in [0.15, 0.2) is 6.10 Å². The molecule has 2 amide bonds. The van der Waals surface area contributed by atoms with E-state index in [4.69, 9.17) is 10.5 Å². The van der Waals surface area contributed by atoms with E-state index in [2.05, 4.69) is 5.32 Å². The Balaban J connectivity index is 1.62. The number of cyclic esters (lactones) is 1. The predicted octanol–water partition coefficient (Wildman–Crippen LogP) is 1.18. The fourth-order valence-corrected chi connectivity index (χ4v) is 2.57. The molecule has 122 valence electrons. The van der Waals surface area contributed by atoms with E-state index in [0.29, 0.717) is 17.5 Å². The lowest BCUT2D eigenvalue weighted by molar-refractivity contribution is -0.130. The third kappa shape index (κ3) is 3.27. The van der Waals surface area contributed by atoms with Crippen molar-refractivity contribution in [2.75, 3.05) is 0 Å². The highest BCUT2D eigenvalue weighted by Crippen LogP contribution is 2.20. The molecule has 1 atom stereocenters. The predicted molar refractivity (Wildman–Crippen MR) is 86.2 cm³/mol. The quantitative estimate of drug-likeness (QED) is 0.825. The Labute approximate surface area is 138 Å². The molecule has 1 heterocycles. The van der Waals surface area contributed by atoms with Crippen LogP contribution in [0, 0.1) is 0 Å². The Bertz CT molecular complexity index is 799. The molecule has 24 heavy (non-hydrogen) atoms. The average molecular weight is 324 g/mol. The number of rotatable bonds is 4. The summed E-state index contributed by atoms with van der Waals surface area (Å²) in [6.45, 7) is 0.271. The maximum atomic E-state index is 12.2. The summed E-state index contributed by atoms with van der Waals surface area (Å²) in [6.07, 6.45) is -0.480. The lowest BCUT2D eigenvalue weighted by Gasteiger charge is -2.23. The van der Waals surface area contributed by atoms with Gasteiger partial charge in [-0.1, -0.05) is 30.3 Å². The second-order valence-electron chi connectivity index (χ2n) is 5.53. The second-order valence-corrected chi connectivity index (χ2v) is 5.53. The minimum Gasteiger partial charge on any atom is -0.448 e. The molecule has 0 bridgehead atoms. The minimum absolute atomic E-state index is 0.271. The van der Waals surface area contributed by atoms with E-state index in [-0.39, 0.29) is 12.5 Å². The molecule has 6 heteroatoms.